The van der Waals surface area contributed by atoms with Crippen LogP contribution >= 0.6 is 11.6 Å². The van der Waals surface area contributed by atoms with Gasteiger partial charge < -0.3 is 20.3 Å². The maximum absolute atomic E-state index is 11.5. The van der Waals surface area contributed by atoms with Gasteiger partial charge in [0.15, 0.2) is 0 Å². The van der Waals surface area contributed by atoms with Crippen molar-refractivity contribution in [1.29, 1.82) is 0 Å². The summed E-state index contributed by atoms with van der Waals surface area (Å²) in [6, 6.07) is 0. The number of ether oxygens (including phenoxy) is 1. The largest absolute Gasteiger partial charge is 0.396 e. The van der Waals surface area contributed by atoms with Crippen LogP contribution in [0.5, 0.6) is 0 Å². The lowest BCUT2D eigenvalue weighted by atomic mass is 9.87. The molecule has 1 amide bonds. The van der Waals surface area contributed by atoms with Crippen LogP contribution in [0.4, 0.5) is 0 Å². The topological polar surface area (TPSA) is 113 Å². The van der Waals surface area contributed by atoms with Gasteiger partial charge in [-0.05, 0) is 0 Å². The first kappa shape index (κ1) is 17.8. The summed E-state index contributed by atoms with van der Waals surface area (Å²) in [6.07, 6.45) is -1.63. The Bertz CT molecular complexity index is 344. The summed E-state index contributed by atoms with van der Waals surface area (Å²) in [4.78, 5) is 33.2. The average molecular weight is 296 g/mol. The summed E-state index contributed by atoms with van der Waals surface area (Å²) < 4.78 is 4.27. The molecule has 0 aliphatic heterocycles. The van der Waals surface area contributed by atoms with Gasteiger partial charge >= 0.3 is 11.9 Å². The molecule has 7 nitrogen and oxygen atoms in total. The van der Waals surface area contributed by atoms with Gasteiger partial charge in [-0.15, -0.1) is 11.6 Å². The first-order chi connectivity index (χ1) is 8.74. The van der Waals surface area contributed by atoms with E-state index in [2.05, 4.69) is 10.1 Å². The molecule has 0 saturated heterocycles. The van der Waals surface area contributed by atoms with Gasteiger partial charge in [-0.2, -0.15) is 0 Å². The van der Waals surface area contributed by atoms with Crippen LogP contribution in [0.3, 0.4) is 0 Å². The lowest BCUT2D eigenvalue weighted by Gasteiger charge is -2.27. The predicted octanol–water partition coefficient (Wildman–Crippen LogP) is -0.819. The van der Waals surface area contributed by atoms with Crippen molar-refractivity contribution in [2.75, 3.05) is 19.0 Å². The first-order valence-corrected chi connectivity index (χ1v) is 6.14. The van der Waals surface area contributed by atoms with E-state index < -0.39 is 35.2 Å². The first-order valence-electron chi connectivity index (χ1n) is 5.60. The van der Waals surface area contributed by atoms with Crippen LogP contribution in [-0.2, 0) is 19.1 Å². The minimum absolute atomic E-state index is 0.0915. The van der Waals surface area contributed by atoms with E-state index in [1.165, 1.54) is 13.8 Å². The maximum atomic E-state index is 11.5. The summed E-state index contributed by atoms with van der Waals surface area (Å²) in [5.41, 5.74) is -0.987. The molecule has 0 unspecified atom stereocenters. The molecule has 0 aromatic heterocycles. The molecule has 3 N–H and O–H groups in total. The van der Waals surface area contributed by atoms with E-state index in [1.807, 2.05) is 0 Å². The Hall–Kier alpha value is -1.18. The number of amides is 1. The van der Waals surface area contributed by atoms with Gasteiger partial charge in [0.1, 0.15) is 12.0 Å². The lowest BCUT2D eigenvalue weighted by molar-refractivity contribution is -0.157. The third kappa shape index (κ3) is 6.51. The van der Waals surface area contributed by atoms with Crippen LogP contribution in [0.1, 0.15) is 20.3 Å². The van der Waals surface area contributed by atoms with E-state index in [1.54, 1.807) is 0 Å². The Kier molecular flexibility index (Phi) is 7.58. The highest BCUT2D eigenvalue weighted by molar-refractivity contribution is 6.27. The van der Waals surface area contributed by atoms with Gasteiger partial charge in [0.2, 0.25) is 5.91 Å². The van der Waals surface area contributed by atoms with E-state index in [9.17, 15) is 19.5 Å². The summed E-state index contributed by atoms with van der Waals surface area (Å²) in [7, 11) is 0. The summed E-state index contributed by atoms with van der Waals surface area (Å²) in [5.74, 6) is -2.82. The van der Waals surface area contributed by atoms with Crippen molar-refractivity contribution >= 4 is 29.4 Å². The number of nitrogens with one attached hydrogen (secondary N) is 1. The van der Waals surface area contributed by atoms with Crippen molar-refractivity contribution in [3.8, 4) is 0 Å². The van der Waals surface area contributed by atoms with E-state index in [0.29, 0.717) is 0 Å². The normalized spacial score (nSPS) is 12.7. The Morgan fingerprint density at radius 1 is 1.32 bits per heavy atom. The third-order valence-corrected chi connectivity index (χ3v) is 2.58. The SMILES string of the molecule is CC(C)(CO)[C@@H](O)C(=O)NCCC(=O)OC(=O)CCl. The number of hydrogen-bond donors (Lipinski definition) is 3. The number of halogens is 1. The number of carbonyl (C=O) groups is 3. The minimum Gasteiger partial charge on any atom is -0.396 e. The van der Waals surface area contributed by atoms with Crippen LogP contribution in [-0.4, -0.2) is 53.2 Å². The molecular formula is C11H18ClNO6. The van der Waals surface area contributed by atoms with Crippen molar-refractivity contribution in [2.45, 2.75) is 26.4 Å². The molecule has 0 heterocycles. The van der Waals surface area contributed by atoms with Crippen molar-refractivity contribution < 1.29 is 29.3 Å². The molecule has 0 bridgehead atoms. The highest BCUT2D eigenvalue weighted by Gasteiger charge is 2.32. The van der Waals surface area contributed by atoms with Crippen LogP contribution in [0.15, 0.2) is 0 Å². The molecule has 0 spiro atoms. The van der Waals surface area contributed by atoms with Crippen molar-refractivity contribution in [3.05, 3.63) is 0 Å². The second-order valence-electron chi connectivity index (χ2n) is 4.57. The molecular weight excluding hydrogens is 278 g/mol. The highest BCUT2D eigenvalue weighted by atomic mass is 35.5. The minimum atomic E-state index is -1.40. The number of aliphatic hydroxyl groups is 2. The molecule has 0 aliphatic rings. The van der Waals surface area contributed by atoms with E-state index in [0.717, 1.165) is 0 Å². The molecule has 0 aromatic carbocycles. The van der Waals surface area contributed by atoms with Gasteiger partial charge in [0.05, 0.1) is 13.0 Å². The Balaban J connectivity index is 4.05. The molecule has 110 valence electrons. The van der Waals surface area contributed by atoms with Crippen LogP contribution in [0.25, 0.3) is 0 Å². The van der Waals surface area contributed by atoms with Crippen LogP contribution in [0.2, 0.25) is 0 Å². The van der Waals surface area contributed by atoms with Crippen molar-refractivity contribution in [1.82, 2.24) is 5.32 Å². The van der Waals surface area contributed by atoms with E-state index >= 15 is 0 Å². The number of hydrogen-bond acceptors (Lipinski definition) is 6. The molecule has 0 aliphatic carbocycles. The number of esters is 2. The van der Waals surface area contributed by atoms with E-state index in [-0.39, 0.29) is 19.6 Å². The fraction of sp³-hybridized carbons (Fsp3) is 0.727. The van der Waals surface area contributed by atoms with Gasteiger partial charge in [-0.25, -0.2) is 0 Å². The molecule has 8 heteroatoms. The Labute approximate surface area is 115 Å². The quantitative estimate of drug-likeness (QED) is 0.321. The van der Waals surface area contributed by atoms with Gasteiger partial charge in [0.25, 0.3) is 0 Å². The summed E-state index contributed by atoms with van der Waals surface area (Å²) in [5, 5.41) is 20.9. The van der Waals surface area contributed by atoms with Gasteiger partial charge in [-0.1, -0.05) is 13.8 Å². The van der Waals surface area contributed by atoms with E-state index in [4.69, 9.17) is 16.7 Å². The summed E-state index contributed by atoms with van der Waals surface area (Å²) in [6.45, 7) is 2.58. The van der Waals surface area contributed by atoms with Crippen molar-refractivity contribution in [3.63, 3.8) is 0 Å². The maximum Gasteiger partial charge on any atom is 0.328 e. The predicted molar refractivity (Wildman–Crippen MR) is 66.3 cm³/mol. The number of alkyl halides is 1. The van der Waals surface area contributed by atoms with Gasteiger partial charge in [-0.3, -0.25) is 14.4 Å². The monoisotopic (exact) mass is 295 g/mol. The Morgan fingerprint density at radius 3 is 2.37 bits per heavy atom. The third-order valence-electron chi connectivity index (χ3n) is 2.36. The molecule has 0 rings (SSSR count). The van der Waals surface area contributed by atoms with Crippen LogP contribution in [0, 0.1) is 5.41 Å². The molecule has 0 fully saturated rings. The zero-order valence-corrected chi connectivity index (χ0v) is 11.6. The molecule has 0 saturated carbocycles. The fourth-order valence-electron chi connectivity index (χ4n) is 1.03. The Morgan fingerprint density at radius 2 is 1.89 bits per heavy atom. The molecule has 19 heavy (non-hydrogen) atoms. The number of rotatable bonds is 7. The smallest absolute Gasteiger partial charge is 0.328 e. The molecule has 0 radical (unpaired) electrons. The summed E-state index contributed by atoms with van der Waals surface area (Å²) >= 11 is 5.14. The number of aliphatic hydroxyl groups excluding tert-OH is 2. The standard InChI is InChI=1S/C11H18ClNO6/c1-11(2,6-14)9(17)10(18)13-4-3-7(15)19-8(16)5-12/h9,14,17H,3-6H2,1-2H3,(H,13,18)/t9-/m0/s1. The average Bonchev–Trinajstić information content (AvgIpc) is 2.37. The van der Waals surface area contributed by atoms with Crippen molar-refractivity contribution in [2.24, 2.45) is 5.41 Å². The zero-order chi connectivity index (χ0) is 15.1. The zero-order valence-electron chi connectivity index (χ0n) is 10.8. The molecule has 0 aromatic rings. The van der Waals surface area contributed by atoms with Crippen LogP contribution < -0.4 is 5.32 Å². The lowest BCUT2D eigenvalue weighted by Crippen LogP contribution is -2.46. The highest BCUT2D eigenvalue weighted by Crippen LogP contribution is 2.19. The fourth-order valence-corrected chi connectivity index (χ4v) is 1.09. The number of carbonyl (C=O) groups excluding carboxylic acids is 3. The van der Waals surface area contributed by atoms with Gasteiger partial charge in [0, 0.05) is 12.0 Å². The molecule has 1 atom stereocenters. The second-order valence-corrected chi connectivity index (χ2v) is 4.84. The second kappa shape index (κ2) is 8.08.